The number of rotatable bonds is 10. The molecule has 40 heavy (non-hydrogen) atoms. The minimum Gasteiger partial charge on any atom is -0.507 e. The molecule has 8 nitrogen and oxygen atoms in total. The average Bonchev–Trinajstić information content (AvgIpc) is 3.21. The number of ketones is 1. The maximum Gasteiger partial charge on any atom is 0.295 e. The number of likely N-dealkylation sites (tertiary alicyclic amines) is 1. The van der Waals surface area contributed by atoms with Crippen molar-refractivity contribution < 1.29 is 33.6 Å². The number of aliphatic hydroxyl groups is 1. The molecule has 1 N–H and O–H groups in total. The summed E-state index contributed by atoms with van der Waals surface area (Å²) in [6, 6.07) is 16.9. The summed E-state index contributed by atoms with van der Waals surface area (Å²) in [6.45, 7) is 6.58. The van der Waals surface area contributed by atoms with E-state index >= 15 is 0 Å². The van der Waals surface area contributed by atoms with Gasteiger partial charge in [-0.05, 0) is 72.0 Å². The lowest BCUT2D eigenvalue weighted by Crippen LogP contribution is -2.29. The molecule has 1 atom stereocenters. The van der Waals surface area contributed by atoms with Crippen LogP contribution in [0.2, 0.25) is 0 Å². The van der Waals surface area contributed by atoms with E-state index < -0.39 is 17.7 Å². The number of methoxy groups -OCH3 is 3. The van der Waals surface area contributed by atoms with Crippen molar-refractivity contribution in [1.82, 2.24) is 4.90 Å². The van der Waals surface area contributed by atoms with Crippen LogP contribution < -0.4 is 18.9 Å². The monoisotopic (exact) mass is 545 g/mol. The smallest absolute Gasteiger partial charge is 0.295 e. The van der Waals surface area contributed by atoms with E-state index in [4.69, 9.17) is 18.9 Å². The zero-order valence-corrected chi connectivity index (χ0v) is 23.7. The summed E-state index contributed by atoms with van der Waals surface area (Å²) in [5, 5.41) is 11.6. The third-order valence-electron chi connectivity index (χ3n) is 6.98. The second-order valence-corrected chi connectivity index (χ2v) is 9.73. The van der Waals surface area contributed by atoms with Crippen LogP contribution in [0.4, 0.5) is 0 Å². The molecule has 3 aromatic carbocycles. The van der Waals surface area contributed by atoms with Gasteiger partial charge in [-0.25, -0.2) is 0 Å². The summed E-state index contributed by atoms with van der Waals surface area (Å²) in [6.07, 6.45) is 0. The van der Waals surface area contributed by atoms with E-state index in [-0.39, 0.29) is 23.8 Å². The maximum atomic E-state index is 13.5. The SMILES string of the molecule is CCOc1ccc(/C(O)=C2/C(=O)C(=O)N(Cc3ccc(OC)c(OC)c3)C2c2ccc(OC)cc2)cc1C(C)C. The molecular formula is C32H35NO7. The van der Waals surface area contributed by atoms with E-state index in [0.717, 1.165) is 16.9 Å². The molecule has 1 saturated heterocycles. The first kappa shape index (κ1) is 28.5. The number of Topliss-reactive ketones (excluding diaryl/α,β-unsaturated/α-hetero) is 1. The van der Waals surface area contributed by atoms with Gasteiger partial charge in [-0.3, -0.25) is 9.59 Å². The van der Waals surface area contributed by atoms with Crippen LogP contribution >= 0.6 is 0 Å². The summed E-state index contributed by atoms with van der Waals surface area (Å²) >= 11 is 0. The van der Waals surface area contributed by atoms with Crippen molar-refractivity contribution in [2.24, 2.45) is 0 Å². The first-order chi connectivity index (χ1) is 19.2. The Morgan fingerprint density at radius 1 is 0.875 bits per heavy atom. The molecule has 0 aliphatic carbocycles. The van der Waals surface area contributed by atoms with E-state index in [1.165, 1.54) is 12.0 Å². The normalized spacial score (nSPS) is 16.4. The Balaban J connectivity index is 1.85. The molecular weight excluding hydrogens is 510 g/mol. The number of amides is 1. The highest BCUT2D eigenvalue weighted by atomic mass is 16.5. The number of carbonyl (C=O) groups excluding carboxylic acids is 2. The number of hydrogen-bond donors (Lipinski definition) is 1. The second-order valence-electron chi connectivity index (χ2n) is 9.73. The molecule has 0 saturated carbocycles. The van der Waals surface area contributed by atoms with Crippen molar-refractivity contribution in [3.8, 4) is 23.0 Å². The largest absolute Gasteiger partial charge is 0.507 e. The predicted molar refractivity (Wildman–Crippen MR) is 152 cm³/mol. The molecule has 8 heteroatoms. The van der Waals surface area contributed by atoms with Crippen LogP contribution in [-0.4, -0.2) is 49.6 Å². The molecule has 1 fully saturated rings. The Labute approximate surface area is 234 Å². The maximum absolute atomic E-state index is 13.5. The van der Waals surface area contributed by atoms with Gasteiger partial charge in [0.05, 0.1) is 39.6 Å². The lowest BCUT2D eigenvalue weighted by molar-refractivity contribution is -0.140. The minimum absolute atomic E-state index is 0.0227. The summed E-state index contributed by atoms with van der Waals surface area (Å²) in [5.74, 6) is 0.831. The zero-order chi connectivity index (χ0) is 29.0. The van der Waals surface area contributed by atoms with Crippen molar-refractivity contribution >= 4 is 17.4 Å². The molecule has 0 aromatic heterocycles. The van der Waals surface area contributed by atoms with Gasteiger partial charge in [0.15, 0.2) is 11.5 Å². The van der Waals surface area contributed by atoms with Crippen LogP contribution in [0.3, 0.4) is 0 Å². The quantitative estimate of drug-likeness (QED) is 0.194. The van der Waals surface area contributed by atoms with Gasteiger partial charge in [-0.1, -0.05) is 32.0 Å². The molecule has 3 aromatic rings. The van der Waals surface area contributed by atoms with Gasteiger partial charge in [-0.2, -0.15) is 0 Å². The van der Waals surface area contributed by atoms with Crippen molar-refractivity contribution in [2.75, 3.05) is 27.9 Å². The van der Waals surface area contributed by atoms with E-state index in [2.05, 4.69) is 0 Å². The first-order valence-electron chi connectivity index (χ1n) is 13.1. The summed E-state index contributed by atoms with van der Waals surface area (Å²) in [4.78, 5) is 28.5. The number of ether oxygens (including phenoxy) is 4. The van der Waals surface area contributed by atoms with Crippen molar-refractivity contribution in [3.63, 3.8) is 0 Å². The second kappa shape index (κ2) is 12.2. The van der Waals surface area contributed by atoms with Gasteiger partial charge in [0.25, 0.3) is 11.7 Å². The molecule has 1 aliphatic heterocycles. The highest BCUT2D eigenvalue weighted by molar-refractivity contribution is 6.46. The molecule has 1 heterocycles. The summed E-state index contributed by atoms with van der Waals surface area (Å²) in [7, 11) is 4.65. The third kappa shape index (κ3) is 5.47. The fourth-order valence-corrected chi connectivity index (χ4v) is 4.94. The number of hydrogen-bond acceptors (Lipinski definition) is 7. The van der Waals surface area contributed by atoms with Crippen LogP contribution in [0.1, 0.15) is 55.0 Å². The zero-order valence-electron chi connectivity index (χ0n) is 23.7. The van der Waals surface area contributed by atoms with Crippen LogP contribution in [0, 0.1) is 0 Å². The Bertz CT molecular complexity index is 1430. The number of carbonyl (C=O) groups is 2. The lowest BCUT2D eigenvalue weighted by Gasteiger charge is -2.26. The number of benzene rings is 3. The molecule has 1 amide bonds. The topological polar surface area (TPSA) is 94.5 Å². The van der Waals surface area contributed by atoms with E-state index in [1.807, 2.05) is 32.9 Å². The van der Waals surface area contributed by atoms with Crippen molar-refractivity contribution in [3.05, 3.63) is 88.5 Å². The minimum atomic E-state index is -0.826. The molecule has 4 rings (SSSR count). The first-order valence-corrected chi connectivity index (χ1v) is 13.1. The Kier molecular flexibility index (Phi) is 8.67. The van der Waals surface area contributed by atoms with Crippen LogP contribution in [-0.2, 0) is 16.1 Å². The molecule has 210 valence electrons. The third-order valence-corrected chi connectivity index (χ3v) is 6.98. The average molecular weight is 546 g/mol. The lowest BCUT2D eigenvalue weighted by atomic mass is 9.93. The van der Waals surface area contributed by atoms with Gasteiger partial charge in [-0.15, -0.1) is 0 Å². The van der Waals surface area contributed by atoms with Gasteiger partial charge in [0, 0.05) is 12.1 Å². The van der Waals surface area contributed by atoms with Gasteiger partial charge < -0.3 is 29.0 Å². The molecule has 0 radical (unpaired) electrons. The summed E-state index contributed by atoms with van der Waals surface area (Å²) < 4.78 is 21.8. The molecule has 0 spiro atoms. The number of nitrogens with zero attached hydrogens (tertiary/aromatic N) is 1. The Hall–Kier alpha value is -4.46. The van der Waals surface area contributed by atoms with Crippen LogP contribution in [0.25, 0.3) is 5.76 Å². The fourth-order valence-electron chi connectivity index (χ4n) is 4.94. The van der Waals surface area contributed by atoms with Gasteiger partial charge in [0.2, 0.25) is 0 Å². The Morgan fingerprint density at radius 3 is 2.15 bits per heavy atom. The molecule has 1 unspecified atom stereocenters. The summed E-state index contributed by atoms with van der Waals surface area (Å²) in [5.41, 5.74) is 2.76. The predicted octanol–water partition coefficient (Wildman–Crippen LogP) is 5.86. The Morgan fingerprint density at radius 2 is 1.55 bits per heavy atom. The van der Waals surface area contributed by atoms with E-state index in [1.54, 1.807) is 62.8 Å². The van der Waals surface area contributed by atoms with Gasteiger partial charge >= 0.3 is 0 Å². The highest BCUT2D eigenvalue weighted by Crippen LogP contribution is 2.42. The van der Waals surface area contributed by atoms with Crippen LogP contribution in [0.5, 0.6) is 23.0 Å². The molecule has 1 aliphatic rings. The number of aliphatic hydroxyl groups excluding tert-OH is 1. The fraction of sp³-hybridized carbons (Fsp3) is 0.312. The highest BCUT2D eigenvalue weighted by Gasteiger charge is 2.46. The standard InChI is InChI=1S/C32H35NO7/c1-7-40-25-15-11-22(17-24(25)19(2)3)30(34)28-29(21-9-12-23(37-4)13-10-21)33(32(36)31(28)35)18-20-8-14-26(38-5)27(16-20)39-6/h8-17,19,29,34H,7,18H2,1-6H3/b30-28-. The van der Waals surface area contributed by atoms with Gasteiger partial charge in [0.1, 0.15) is 17.3 Å². The van der Waals surface area contributed by atoms with Crippen molar-refractivity contribution in [1.29, 1.82) is 0 Å². The van der Waals surface area contributed by atoms with E-state index in [0.29, 0.717) is 35.0 Å². The molecule has 0 bridgehead atoms. The van der Waals surface area contributed by atoms with Crippen molar-refractivity contribution in [2.45, 2.75) is 39.3 Å². The van der Waals surface area contributed by atoms with Crippen LogP contribution in [0.15, 0.2) is 66.2 Å². The van der Waals surface area contributed by atoms with E-state index in [9.17, 15) is 14.7 Å².